The topological polar surface area (TPSA) is 58.4 Å². The molecule has 1 aromatic carbocycles. The Hall–Kier alpha value is -1.39. The van der Waals surface area contributed by atoms with Crippen molar-refractivity contribution < 1.29 is 4.79 Å². The third kappa shape index (κ3) is 4.04. The van der Waals surface area contributed by atoms with E-state index in [2.05, 4.69) is 10.2 Å². The molecule has 4 nitrogen and oxygen atoms in total. The molecule has 0 unspecified atom stereocenters. The lowest BCUT2D eigenvalue weighted by Gasteiger charge is -2.23. The fraction of sp³-hybridized carbons (Fsp3) is 0.533. The summed E-state index contributed by atoms with van der Waals surface area (Å²) in [6.07, 6.45) is 5.01. The number of hydrogen-bond donors (Lipinski definition) is 2. The number of nitrogens with two attached hydrogens (primary N) is 1. The van der Waals surface area contributed by atoms with Crippen LogP contribution in [0.4, 0.5) is 5.69 Å². The zero-order valence-corrected chi connectivity index (χ0v) is 11.6. The van der Waals surface area contributed by atoms with Gasteiger partial charge in [-0.3, -0.25) is 9.69 Å². The van der Waals surface area contributed by atoms with Crippen molar-refractivity contribution in [1.29, 1.82) is 0 Å². The molecule has 1 aliphatic carbocycles. The minimum absolute atomic E-state index is 0.0508. The van der Waals surface area contributed by atoms with E-state index in [0.717, 1.165) is 11.3 Å². The Kier molecular flexibility index (Phi) is 4.93. The van der Waals surface area contributed by atoms with Crippen molar-refractivity contribution >= 4 is 11.6 Å². The van der Waals surface area contributed by atoms with E-state index in [0.29, 0.717) is 19.1 Å². The summed E-state index contributed by atoms with van der Waals surface area (Å²) >= 11 is 0. The van der Waals surface area contributed by atoms with Crippen molar-refractivity contribution in [3.63, 3.8) is 0 Å². The SMILES string of the molecule is CN(CC(=O)Nc1ccc(CN)cc1)C1CCCC1. The molecule has 0 spiro atoms. The van der Waals surface area contributed by atoms with Crippen LogP contribution in [0.2, 0.25) is 0 Å². The van der Waals surface area contributed by atoms with Crippen LogP contribution in [0.15, 0.2) is 24.3 Å². The molecule has 0 heterocycles. The lowest BCUT2D eigenvalue weighted by atomic mass is 10.2. The van der Waals surface area contributed by atoms with Gasteiger partial charge in [0.1, 0.15) is 0 Å². The smallest absolute Gasteiger partial charge is 0.238 e. The van der Waals surface area contributed by atoms with E-state index in [1.54, 1.807) is 0 Å². The Labute approximate surface area is 115 Å². The zero-order valence-electron chi connectivity index (χ0n) is 11.6. The van der Waals surface area contributed by atoms with Crippen molar-refractivity contribution in [1.82, 2.24) is 4.90 Å². The van der Waals surface area contributed by atoms with E-state index >= 15 is 0 Å². The lowest BCUT2D eigenvalue weighted by Crippen LogP contribution is -2.36. The van der Waals surface area contributed by atoms with Gasteiger partial charge in [-0.15, -0.1) is 0 Å². The monoisotopic (exact) mass is 261 g/mol. The summed E-state index contributed by atoms with van der Waals surface area (Å²) in [4.78, 5) is 14.1. The standard InChI is InChI=1S/C15H23N3O/c1-18(14-4-2-3-5-14)11-15(19)17-13-8-6-12(10-16)7-9-13/h6-9,14H,2-5,10-11,16H2,1H3,(H,17,19). The molecule has 19 heavy (non-hydrogen) atoms. The van der Waals surface area contributed by atoms with Crippen molar-refractivity contribution in [3.8, 4) is 0 Å². The maximum Gasteiger partial charge on any atom is 0.238 e. The first-order valence-corrected chi connectivity index (χ1v) is 6.98. The second kappa shape index (κ2) is 6.68. The van der Waals surface area contributed by atoms with Crippen LogP contribution < -0.4 is 11.1 Å². The molecule has 0 bridgehead atoms. The van der Waals surface area contributed by atoms with Crippen LogP contribution in [0.5, 0.6) is 0 Å². The Morgan fingerprint density at radius 2 is 1.95 bits per heavy atom. The molecule has 4 heteroatoms. The fourth-order valence-corrected chi connectivity index (χ4v) is 2.63. The normalized spacial score (nSPS) is 15.9. The number of amides is 1. The van der Waals surface area contributed by atoms with Gasteiger partial charge in [0.05, 0.1) is 6.54 Å². The van der Waals surface area contributed by atoms with Gasteiger partial charge in [-0.25, -0.2) is 0 Å². The van der Waals surface area contributed by atoms with Crippen molar-refractivity contribution in [2.45, 2.75) is 38.3 Å². The molecule has 0 aromatic heterocycles. The summed E-state index contributed by atoms with van der Waals surface area (Å²) in [5.41, 5.74) is 7.45. The summed E-state index contributed by atoms with van der Waals surface area (Å²) < 4.78 is 0. The summed E-state index contributed by atoms with van der Waals surface area (Å²) in [6.45, 7) is 0.988. The number of nitrogens with one attached hydrogen (secondary N) is 1. The molecule has 1 fully saturated rings. The van der Waals surface area contributed by atoms with Crippen LogP contribution in [0, 0.1) is 0 Å². The van der Waals surface area contributed by atoms with Crippen LogP contribution in [-0.2, 0) is 11.3 Å². The van der Waals surface area contributed by atoms with Gasteiger partial charge in [-0.05, 0) is 37.6 Å². The third-order valence-electron chi connectivity index (χ3n) is 3.81. The van der Waals surface area contributed by atoms with Gasteiger partial charge in [0.15, 0.2) is 0 Å². The number of carbonyl (C=O) groups excluding carboxylic acids is 1. The van der Waals surface area contributed by atoms with Crippen molar-refractivity contribution in [2.24, 2.45) is 5.73 Å². The molecule has 0 radical (unpaired) electrons. The molecule has 3 N–H and O–H groups in total. The molecule has 0 aliphatic heterocycles. The van der Waals surface area contributed by atoms with Crippen LogP contribution in [0.25, 0.3) is 0 Å². The van der Waals surface area contributed by atoms with Crippen LogP contribution in [0.1, 0.15) is 31.2 Å². The molecule has 2 rings (SSSR count). The van der Waals surface area contributed by atoms with Crippen molar-refractivity contribution in [2.75, 3.05) is 18.9 Å². The van der Waals surface area contributed by atoms with Gasteiger partial charge >= 0.3 is 0 Å². The molecule has 104 valence electrons. The molecule has 0 atom stereocenters. The Morgan fingerprint density at radius 3 is 2.53 bits per heavy atom. The molecule has 1 aliphatic rings. The summed E-state index contributed by atoms with van der Waals surface area (Å²) in [6, 6.07) is 8.25. The quantitative estimate of drug-likeness (QED) is 0.852. The summed E-state index contributed by atoms with van der Waals surface area (Å²) in [5.74, 6) is 0.0508. The number of carbonyl (C=O) groups is 1. The fourth-order valence-electron chi connectivity index (χ4n) is 2.63. The number of anilines is 1. The van der Waals surface area contributed by atoms with E-state index in [4.69, 9.17) is 5.73 Å². The van der Waals surface area contributed by atoms with E-state index in [9.17, 15) is 4.79 Å². The number of likely N-dealkylation sites (N-methyl/N-ethyl adjacent to an activating group) is 1. The predicted molar refractivity (Wildman–Crippen MR) is 77.8 cm³/mol. The van der Waals surface area contributed by atoms with Crippen LogP contribution in [0.3, 0.4) is 0 Å². The molecular weight excluding hydrogens is 238 g/mol. The number of rotatable bonds is 5. The highest BCUT2D eigenvalue weighted by Gasteiger charge is 2.20. The maximum atomic E-state index is 12.0. The van der Waals surface area contributed by atoms with E-state index in [1.807, 2.05) is 31.3 Å². The average Bonchev–Trinajstić information content (AvgIpc) is 2.93. The summed E-state index contributed by atoms with van der Waals surface area (Å²) in [7, 11) is 2.03. The lowest BCUT2D eigenvalue weighted by molar-refractivity contribution is -0.117. The minimum Gasteiger partial charge on any atom is -0.326 e. The highest BCUT2D eigenvalue weighted by molar-refractivity contribution is 5.92. The van der Waals surface area contributed by atoms with Gasteiger partial charge in [0.2, 0.25) is 5.91 Å². The van der Waals surface area contributed by atoms with Gasteiger partial charge in [-0.1, -0.05) is 25.0 Å². The van der Waals surface area contributed by atoms with E-state index in [1.165, 1.54) is 25.7 Å². The first kappa shape index (κ1) is 14.0. The van der Waals surface area contributed by atoms with Gasteiger partial charge in [0.25, 0.3) is 0 Å². The van der Waals surface area contributed by atoms with Crippen molar-refractivity contribution in [3.05, 3.63) is 29.8 Å². The van der Waals surface area contributed by atoms with Crippen LogP contribution in [-0.4, -0.2) is 30.4 Å². The van der Waals surface area contributed by atoms with E-state index < -0.39 is 0 Å². The second-order valence-electron chi connectivity index (χ2n) is 5.30. The predicted octanol–water partition coefficient (Wildman–Crippen LogP) is 1.96. The summed E-state index contributed by atoms with van der Waals surface area (Å²) in [5, 5.41) is 2.93. The molecule has 1 aromatic rings. The molecule has 0 saturated heterocycles. The number of benzene rings is 1. The van der Waals surface area contributed by atoms with Gasteiger partial charge < -0.3 is 11.1 Å². The number of nitrogens with zero attached hydrogens (tertiary/aromatic N) is 1. The molecule has 1 amide bonds. The van der Waals surface area contributed by atoms with Gasteiger partial charge in [-0.2, -0.15) is 0 Å². The third-order valence-corrected chi connectivity index (χ3v) is 3.81. The highest BCUT2D eigenvalue weighted by atomic mass is 16.2. The first-order chi connectivity index (χ1) is 9.19. The largest absolute Gasteiger partial charge is 0.326 e. The Morgan fingerprint density at radius 1 is 1.32 bits per heavy atom. The maximum absolute atomic E-state index is 12.0. The molecular formula is C15H23N3O. The average molecular weight is 261 g/mol. The Bertz CT molecular complexity index is 410. The minimum atomic E-state index is 0.0508. The van der Waals surface area contributed by atoms with Gasteiger partial charge in [0, 0.05) is 18.3 Å². The molecule has 1 saturated carbocycles. The number of hydrogen-bond acceptors (Lipinski definition) is 3. The first-order valence-electron chi connectivity index (χ1n) is 6.98. The highest BCUT2D eigenvalue weighted by Crippen LogP contribution is 2.22. The van der Waals surface area contributed by atoms with E-state index in [-0.39, 0.29) is 5.91 Å². The Balaban J connectivity index is 1.82. The second-order valence-corrected chi connectivity index (χ2v) is 5.30. The zero-order chi connectivity index (χ0) is 13.7. The van der Waals surface area contributed by atoms with Crippen LogP contribution >= 0.6 is 0 Å².